The van der Waals surface area contributed by atoms with Crippen LogP contribution in [-0.4, -0.2) is 21.2 Å². The summed E-state index contributed by atoms with van der Waals surface area (Å²) in [6.07, 6.45) is 2.60. The Hall–Kier alpha value is -3.68. The molecule has 0 amide bonds. The zero-order valence-electron chi connectivity index (χ0n) is 15.2. The molecule has 1 aromatic carbocycles. The number of hydrogen-bond acceptors (Lipinski definition) is 5. The van der Waals surface area contributed by atoms with E-state index in [1.165, 1.54) is 6.07 Å². The fourth-order valence-corrected chi connectivity index (χ4v) is 3.36. The second kappa shape index (κ2) is 6.73. The lowest BCUT2D eigenvalue weighted by Gasteiger charge is -2.09. The number of pyridine rings is 2. The second-order valence-corrected chi connectivity index (χ2v) is 6.71. The van der Waals surface area contributed by atoms with E-state index in [9.17, 15) is 8.78 Å². The molecule has 2 N–H and O–H groups in total. The van der Waals surface area contributed by atoms with Gasteiger partial charge in [0.15, 0.2) is 11.5 Å². The fraction of sp³-hybridized carbons (Fsp3) is 0.143. The summed E-state index contributed by atoms with van der Waals surface area (Å²) >= 11 is 0. The zero-order valence-corrected chi connectivity index (χ0v) is 15.2. The average Bonchev–Trinajstić information content (AvgIpc) is 3.27. The summed E-state index contributed by atoms with van der Waals surface area (Å²) in [5.41, 5.74) is 3.63. The monoisotopic (exact) mass is 394 g/mol. The minimum absolute atomic E-state index is 0.0332. The number of H-pyrrole nitrogens is 1. The summed E-state index contributed by atoms with van der Waals surface area (Å²) in [7, 11) is 0. The summed E-state index contributed by atoms with van der Waals surface area (Å²) in [6.45, 7) is 0.281. The van der Waals surface area contributed by atoms with Crippen LogP contribution < -0.4 is 14.8 Å². The number of nitrogens with one attached hydrogen (secondary N) is 2. The highest BCUT2D eigenvalue weighted by Gasteiger charge is 2.44. The first-order valence-electron chi connectivity index (χ1n) is 9.05. The number of halogens is 2. The normalized spacial score (nSPS) is 14.3. The number of anilines is 1. The SMILES string of the molecule is FC1(F)Oc2cccc(CNc3ccc(Cc4c[nH]c5ncccc45)cn3)c2O1. The maximum Gasteiger partial charge on any atom is 0.586 e. The Morgan fingerprint density at radius 3 is 2.79 bits per heavy atom. The van der Waals surface area contributed by atoms with Crippen LogP contribution in [0.3, 0.4) is 0 Å². The number of alkyl halides is 2. The molecule has 0 radical (unpaired) electrons. The van der Waals surface area contributed by atoms with Crippen molar-refractivity contribution in [3.63, 3.8) is 0 Å². The number of benzene rings is 1. The van der Waals surface area contributed by atoms with Gasteiger partial charge in [-0.2, -0.15) is 0 Å². The van der Waals surface area contributed by atoms with E-state index in [1.807, 2.05) is 30.5 Å². The molecule has 0 saturated carbocycles. The highest BCUT2D eigenvalue weighted by Crippen LogP contribution is 2.43. The highest BCUT2D eigenvalue weighted by molar-refractivity contribution is 5.79. The maximum absolute atomic E-state index is 13.3. The van der Waals surface area contributed by atoms with Crippen molar-refractivity contribution in [1.29, 1.82) is 0 Å². The van der Waals surface area contributed by atoms with E-state index in [-0.39, 0.29) is 18.0 Å². The van der Waals surface area contributed by atoms with E-state index in [1.54, 1.807) is 24.5 Å². The molecule has 6 nitrogen and oxygen atoms in total. The number of hydrogen-bond donors (Lipinski definition) is 2. The van der Waals surface area contributed by atoms with Crippen LogP contribution in [0.15, 0.2) is 61.1 Å². The predicted molar refractivity (Wildman–Crippen MR) is 103 cm³/mol. The van der Waals surface area contributed by atoms with E-state index in [0.29, 0.717) is 11.4 Å². The highest BCUT2D eigenvalue weighted by atomic mass is 19.3. The second-order valence-electron chi connectivity index (χ2n) is 6.71. The van der Waals surface area contributed by atoms with Gasteiger partial charge in [-0.1, -0.05) is 18.2 Å². The van der Waals surface area contributed by atoms with Gasteiger partial charge in [0, 0.05) is 42.5 Å². The van der Waals surface area contributed by atoms with Gasteiger partial charge in [-0.3, -0.25) is 0 Å². The molecule has 0 unspecified atom stereocenters. The molecule has 4 heterocycles. The van der Waals surface area contributed by atoms with Gasteiger partial charge in [0.1, 0.15) is 11.5 Å². The molecule has 1 aliphatic heterocycles. The van der Waals surface area contributed by atoms with E-state index in [2.05, 4.69) is 29.7 Å². The molecule has 0 aliphatic carbocycles. The van der Waals surface area contributed by atoms with E-state index in [0.717, 1.165) is 28.6 Å². The van der Waals surface area contributed by atoms with Crippen LogP contribution in [0, 0.1) is 0 Å². The minimum Gasteiger partial charge on any atom is -0.395 e. The summed E-state index contributed by atoms with van der Waals surface area (Å²) in [5, 5.41) is 4.22. The number of fused-ring (bicyclic) bond motifs is 2. The first-order valence-corrected chi connectivity index (χ1v) is 9.05. The molecule has 0 atom stereocenters. The van der Waals surface area contributed by atoms with E-state index in [4.69, 9.17) is 0 Å². The Morgan fingerprint density at radius 1 is 1.00 bits per heavy atom. The number of aromatic amines is 1. The van der Waals surface area contributed by atoms with Crippen LogP contribution in [-0.2, 0) is 13.0 Å². The van der Waals surface area contributed by atoms with Gasteiger partial charge in [0.05, 0.1) is 0 Å². The quantitative estimate of drug-likeness (QED) is 0.522. The lowest BCUT2D eigenvalue weighted by atomic mass is 10.1. The van der Waals surface area contributed by atoms with Crippen LogP contribution in [0.1, 0.15) is 16.7 Å². The molecule has 5 rings (SSSR count). The lowest BCUT2D eigenvalue weighted by Crippen LogP contribution is -2.26. The van der Waals surface area contributed by atoms with Gasteiger partial charge in [-0.25, -0.2) is 9.97 Å². The molecule has 0 fully saturated rings. The van der Waals surface area contributed by atoms with Gasteiger partial charge in [0.25, 0.3) is 0 Å². The van der Waals surface area contributed by atoms with Gasteiger partial charge in [-0.15, -0.1) is 8.78 Å². The van der Waals surface area contributed by atoms with E-state index < -0.39 is 6.29 Å². The number of aromatic nitrogens is 3. The largest absolute Gasteiger partial charge is 0.586 e. The third-order valence-corrected chi connectivity index (χ3v) is 4.73. The standard InChI is InChI=1S/C21H16F2N4O2/c22-21(23)28-17-5-1-3-14(19(17)29-21)11-26-18-7-6-13(10-25-18)9-15-12-27-20-16(15)4-2-8-24-20/h1-8,10,12H,9,11H2,(H,24,27)(H,25,26). The third kappa shape index (κ3) is 3.44. The fourth-order valence-electron chi connectivity index (χ4n) is 3.36. The zero-order chi connectivity index (χ0) is 19.8. The number of nitrogens with zero attached hydrogens (tertiary/aromatic N) is 2. The Bertz CT molecular complexity index is 1170. The minimum atomic E-state index is -3.63. The van der Waals surface area contributed by atoms with Crippen molar-refractivity contribution in [2.24, 2.45) is 0 Å². The Labute approximate surface area is 164 Å². The Balaban J connectivity index is 1.27. The summed E-state index contributed by atoms with van der Waals surface area (Å²) < 4.78 is 35.7. The van der Waals surface area contributed by atoms with Crippen molar-refractivity contribution in [3.05, 3.63) is 77.7 Å². The molecule has 1 aliphatic rings. The van der Waals surface area contributed by atoms with Crippen molar-refractivity contribution in [2.75, 3.05) is 5.32 Å². The van der Waals surface area contributed by atoms with Crippen molar-refractivity contribution < 1.29 is 18.3 Å². The molecule has 0 spiro atoms. The molecule has 0 saturated heterocycles. The smallest absolute Gasteiger partial charge is 0.395 e. The molecular formula is C21H16F2N4O2. The third-order valence-electron chi connectivity index (χ3n) is 4.73. The first kappa shape index (κ1) is 17.4. The van der Waals surface area contributed by atoms with Crippen LogP contribution in [0.2, 0.25) is 0 Å². The predicted octanol–water partition coefficient (Wildman–Crippen LogP) is 4.48. The lowest BCUT2D eigenvalue weighted by molar-refractivity contribution is -0.286. The van der Waals surface area contributed by atoms with Crippen LogP contribution >= 0.6 is 0 Å². The number of rotatable bonds is 5. The maximum atomic E-state index is 13.3. The van der Waals surface area contributed by atoms with Gasteiger partial charge in [-0.05, 0) is 35.4 Å². The molecular weight excluding hydrogens is 378 g/mol. The number of ether oxygens (including phenoxy) is 2. The number of para-hydroxylation sites is 1. The van der Waals surface area contributed by atoms with Gasteiger partial charge >= 0.3 is 6.29 Å². The molecule has 4 aromatic rings. The summed E-state index contributed by atoms with van der Waals surface area (Å²) in [5.74, 6) is 0.720. The van der Waals surface area contributed by atoms with Crippen LogP contribution in [0.4, 0.5) is 14.6 Å². The molecule has 146 valence electrons. The summed E-state index contributed by atoms with van der Waals surface area (Å²) in [6, 6.07) is 12.6. The van der Waals surface area contributed by atoms with Gasteiger partial charge < -0.3 is 19.8 Å². The van der Waals surface area contributed by atoms with Crippen molar-refractivity contribution in [3.8, 4) is 11.5 Å². The van der Waals surface area contributed by atoms with Crippen molar-refractivity contribution in [1.82, 2.24) is 15.0 Å². The van der Waals surface area contributed by atoms with Crippen molar-refractivity contribution >= 4 is 16.9 Å². The first-order chi connectivity index (χ1) is 14.1. The molecule has 3 aromatic heterocycles. The topological polar surface area (TPSA) is 72.1 Å². The average molecular weight is 394 g/mol. The molecule has 8 heteroatoms. The molecule has 0 bridgehead atoms. The Kier molecular flexibility index (Phi) is 4.04. The summed E-state index contributed by atoms with van der Waals surface area (Å²) in [4.78, 5) is 11.9. The van der Waals surface area contributed by atoms with Crippen molar-refractivity contribution in [2.45, 2.75) is 19.3 Å². The Morgan fingerprint density at radius 2 is 1.93 bits per heavy atom. The van der Waals surface area contributed by atoms with E-state index >= 15 is 0 Å². The van der Waals surface area contributed by atoms with Gasteiger partial charge in [0.2, 0.25) is 0 Å². The van der Waals surface area contributed by atoms with Crippen LogP contribution in [0.5, 0.6) is 11.5 Å². The molecule has 29 heavy (non-hydrogen) atoms. The van der Waals surface area contributed by atoms with Crippen LogP contribution in [0.25, 0.3) is 11.0 Å².